The van der Waals surface area contributed by atoms with E-state index < -0.39 is 0 Å². The molecule has 0 bridgehead atoms. The monoisotopic (exact) mass is 926 g/mol. The summed E-state index contributed by atoms with van der Waals surface area (Å²) in [6.07, 6.45) is 59.7. The first-order chi connectivity index (χ1) is 31.9. The molecular formula is C58H119NO6. The van der Waals surface area contributed by atoms with E-state index in [4.69, 9.17) is 24.4 Å². The summed E-state index contributed by atoms with van der Waals surface area (Å²) >= 11 is 0. The van der Waals surface area contributed by atoms with Gasteiger partial charge in [0.1, 0.15) is 6.61 Å². The quantitative estimate of drug-likeness (QED) is 0.0464. The van der Waals surface area contributed by atoms with E-state index in [9.17, 15) is 4.79 Å². The molecule has 1 rings (SSSR count). The number of aliphatic hydroxyl groups is 2. The summed E-state index contributed by atoms with van der Waals surface area (Å²) in [5.74, 6) is -0.149. The maximum absolute atomic E-state index is 11.7. The number of ether oxygens (including phenoxy) is 3. The number of unbranched alkanes of at least 4 members (excludes halogenated alkanes) is 39. The molecule has 1 aliphatic heterocycles. The lowest BCUT2D eigenvalue weighted by atomic mass is 10.0. The van der Waals surface area contributed by atoms with Crippen LogP contribution in [0, 0.1) is 0 Å². The summed E-state index contributed by atoms with van der Waals surface area (Å²) in [4.78, 5) is 13.7. The molecule has 1 saturated heterocycles. The fourth-order valence-electron chi connectivity index (χ4n) is 8.61. The molecule has 0 amide bonds. The molecule has 0 unspecified atom stereocenters. The van der Waals surface area contributed by atoms with Crippen LogP contribution < -0.4 is 0 Å². The second kappa shape index (κ2) is 59.4. The predicted molar refractivity (Wildman–Crippen MR) is 283 cm³/mol. The molecule has 0 aromatic carbocycles. The molecule has 0 aromatic rings. The van der Waals surface area contributed by atoms with Crippen LogP contribution in [0.15, 0.2) is 0 Å². The highest BCUT2D eigenvalue weighted by atomic mass is 16.7. The molecule has 0 spiro atoms. The minimum atomic E-state index is -0.149. The summed E-state index contributed by atoms with van der Waals surface area (Å²) < 4.78 is 17.0. The van der Waals surface area contributed by atoms with Crippen molar-refractivity contribution in [2.45, 2.75) is 322 Å². The fourth-order valence-corrected chi connectivity index (χ4v) is 8.61. The second-order valence-electron chi connectivity index (χ2n) is 20.1. The minimum absolute atomic E-state index is 0.00959. The largest absolute Gasteiger partial charge is 0.463 e. The standard InChI is InChI=1S/C26H51NO4.2C16H34O/c1-4-5-6-7-8-9-10-11-12-13-14-15-16-17-22-29-26-19-18-24(31-26)23-30-25(28)20-21-27(2)3;2*1-2-3-4-5-6-7-8-9-10-11-12-13-14-15-16-17/h24,26H,4-23H2,1-3H3;2*17H,2-16H2,1H3/t24-,26+;;/m0../s1. The maximum Gasteiger partial charge on any atom is 0.307 e. The zero-order chi connectivity index (χ0) is 47.8. The Balaban J connectivity index is 0. The number of hydrogen-bond acceptors (Lipinski definition) is 7. The van der Waals surface area contributed by atoms with Crippen molar-refractivity contribution in [2.24, 2.45) is 0 Å². The van der Waals surface area contributed by atoms with Gasteiger partial charge in [0.15, 0.2) is 6.29 Å². The molecule has 1 aliphatic rings. The topological polar surface area (TPSA) is 88.5 Å². The lowest BCUT2D eigenvalue weighted by molar-refractivity contribution is -0.160. The summed E-state index contributed by atoms with van der Waals surface area (Å²) in [6.45, 7) is 9.43. The number of nitrogens with zero attached hydrogens (tertiary/aromatic N) is 1. The molecule has 1 heterocycles. The first-order valence-electron chi connectivity index (χ1n) is 29.2. The van der Waals surface area contributed by atoms with Gasteiger partial charge in [-0.3, -0.25) is 4.79 Å². The Morgan fingerprint density at radius 1 is 0.446 bits per heavy atom. The third-order valence-electron chi connectivity index (χ3n) is 13.1. The van der Waals surface area contributed by atoms with Gasteiger partial charge in [-0.1, -0.05) is 271 Å². The highest BCUT2D eigenvalue weighted by molar-refractivity contribution is 5.69. The van der Waals surface area contributed by atoms with Gasteiger partial charge in [-0.15, -0.1) is 0 Å². The number of rotatable bonds is 49. The van der Waals surface area contributed by atoms with Gasteiger partial charge in [-0.25, -0.2) is 0 Å². The van der Waals surface area contributed by atoms with Crippen molar-refractivity contribution in [3.63, 3.8) is 0 Å². The lowest BCUT2D eigenvalue weighted by Gasteiger charge is -2.15. The van der Waals surface area contributed by atoms with Crippen LogP contribution in [0.2, 0.25) is 0 Å². The number of carbonyl (C=O) groups is 1. The van der Waals surface area contributed by atoms with Crippen molar-refractivity contribution in [1.82, 2.24) is 4.90 Å². The molecule has 0 aromatic heterocycles. The first-order valence-corrected chi connectivity index (χ1v) is 29.2. The predicted octanol–water partition coefficient (Wildman–Crippen LogP) is 17.4. The average Bonchev–Trinajstić information content (AvgIpc) is 3.77. The average molecular weight is 927 g/mol. The highest BCUT2D eigenvalue weighted by Crippen LogP contribution is 2.22. The number of esters is 1. The van der Waals surface area contributed by atoms with E-state index in [0.29, 0.717) is 26.2 Å². The van der Waals surface area contributed by atoms with Gasteiger partial charge in [-0.2, -0.15) is 0 Å². The van der Waals surface area contributed by atoms with Crippen molar-refractivity contribution >= 4 is 5.97 Å². The zero-order valence-electron chi connectivity index (χ0n) is 45.0. The fraction of sp³-hybridized carbons (Fsp3) is 0.983. The Morgan fingerprint density at radius 2 is 0.738 bits per heavy atom. The van der Waals surface area contributed by atoms with Crippen molar-refractivity contribution in [2.75, 3.05) is 47.1 Å². The molecule has 7 heteroatoms. The van der Waals surface area contributed by atoms with Gasteiger partial charge in [0.2, 0.25) is 0 Å². The molecule has 2 atom stereocenters. The van der Waals surface area contributed by atoms with Crippen LogP contribution >= 0.6 is 0 Å². The molecule has 1 fully saturated rings. The van der Waals surface area contributed by atoms with Crippen LogP contribution in [0.5, 0.6) is 0 Å². The second-order valence-corrected chi connectivity index (χ2v) is 20.1. The van der Waals surface area contributed by atoms with Gasteiger partial charge in [-0.05, 0) is 39.8 Å². The van der Waals surface area contributed by atoms with Gasteiger partial charge in [0.05, 0.1) is 12.5 Å². The van der Waals surface area contributed by atoms with E-state index >= 15 is 0 Å². The lowest BCUT2D eigenvalue weighted by Crippen LogP contribution is -2.23. The first kappa shape index (κ1) is 66.4. The molecule has 7 nitrogen and oxygen atoms in total. The Kier molecular flexibility index (Phi) is 60.6. The SMILES string of the molecule is CCCCCCCCCCCCCCCCO.CCCCCCCCCCCCCCCCO.CCCCCCCCCCCCCCCCO[C@H]1CC[C@@H](COC(=O)CCN(C)C)O1. The smallest absolute Gasteiger partial charge is 0.307 e. The van der Waals surface area contributed by atoms with E-state index in [-0.39, 0.29) is 18.4 Å². The van der Waals surface area contributed by atoms with Gasteiger partial charge < -0.3 is 29.3 Å². The Labute approximate surface area is 407 Å². The molecular weight excluding hydrogens is 807 g/mol. The van der Waals surface area contributed by atoms with E-state index in [1.807, 2.05) is 19.0 Å². The highest BCUT2D eigenvalue weighted by Gasteiger charge is 2.26. The van der Waals surface area contributed by atoms with Gasteiger partial charge in [0, 0.05) is 32.8 Å². The molecule has 0 saturated carbocycles. The van der Waals surface area contributed by atoms with Crippen molar-refractivity contribution in [3.8, 4) is 0 Å². The van der Waals surface area contributed by atoms with E-state index in [0.717, 1.165) is 45.3 Å². The third-order valence-corrected chi connectivity index (χ3v) is 13.1. The van der Waals surface area contributed by atoms with Gasteiger partial charge >= 0.3 is 5.97 Å². The Bertz CT molecular complexity index is 800. The minimum Gasteiger partial charge on any atom is -0.463 e. The van der Waals surface area contributed by atoms with Crippen molar-refractivity contribution in [1.29, 1.82) is 0 Å². The Hall–Kier alpha value is -0.730. The van der Waals surface area contributed by atoms with E-state index in [1.54, 1.807) is 0 Å². The number of hydrogen-bond donors (Lipinski definition) is 2. The van der Waals surface area contributed by atoms with E-state index in [2.05, 4.69) is 20.8 Å². The maximum atomic E-state index is 11.7. The molecule has 65 heavy (non-hydrogen) atoms. The Morgan fingerprint density at radius 3 is 1.03 bits per heavy atom. The molecule has 0 radical (unpaired) electrons. The molecule has 0 aliphatic carbocycles. The van der Waals surface area contributed by atoms with Gasteiger partial charge in [0.25, 0.3) is 0 Å². The van der Waals surface area contributed by atoms with Crippen LogP contribution in [0.1, 0.15) is 310 Å². The number of aliphatic hydroxyl groups excluding tert-OH is 2. The van der Waals surface area contributed by atoms with E-state index in [1.165, 1.54) is 250 Å². The molecule has 2 N–H and O–H groups in total. The van der Waals surface area contributed by atoms with Crippen LogP contribution in [-0.4, -0.2) is 80.5 Å². The zero-order valence-corrected chi connectivity index (χ0v) is 45.0. The summed E-state index contributed by atoms with van der Waals surface area (Å²) in [7, 11) is 3.90. The molecule has 392 valence electrons. The summed E-state index contributed by atoms with van der Waals surface area (Å²) in [5, 5.41) is 17.3. The number of carbonyl (C=O) groups excluding carboxylic acids is 1. The third kappa shape index (κ3) is 59.3. The van der Waals surface area contributed by atoms with Crippen molar-refractivity contribution < 1.29 is 29.2 Å². The van der Waals surface area contributed by atoms with Crippen LogP contribution in [0.3, 0.4) is 0 Å². The van der Waals surface area contributed by atoms with Crippen LogP contribution in [0.25, 0.3) is 0 Å². The summed E-state index contributed by atoms with van der Waals surface area (Å²) in [5.41, 5.74) is 0. The van der Waals surface area contributed by atoms with Crippen LogP contribution in [0.4, 0.5) is 0 Å². The van der Waals surface area contributed by atoms with Crippen molar-refractivity contribution in [3.05, 3.63) is 0 Å². The van der Waals surface area contributed by atoms with Crippen LogP contribution in [-0.2, 0) is 19.0 Å². The normalized spacial score (nSPS) is 14.6. The summed E-state index contributed by atoms with van der Waals surface area (Å²) in [6, 6.07) is 0.